The Balaban J connectivity index is 1.54. The zero-order chi connectivity index (χ0) is 30.0. The normalized spacial score (nSPS) is 13.1. The van der Waals surface area contributed by atoms with Gasteiger partial charge in [-0.2, -0.15) is 0 Å². The molecule has 0 spiro atoms. The molecular formula is C32H31F2N5O3. The van der Waals surface area contributed by atoms with Gasteiger partial charge in [0.15, 0.2) is 0 Å². The number of nitrogens with two attached hydrogens (primary N) is 1. The first-order valence-electron chi connectivity index (χ1n) is 13.6. The van der Waals surface area contributed by atoms with Crippen LogP contribution < -0.4 is 26.8 Å². The Hall–Kier alpha value is -4.83. The van der Waals surface area contributed by atoms with Gasteiger partial charge in [0.25, 0.3) is 5.56 Å². The van der Waals surface area contributed by atoms with Crippen molar-refractivity contribution in [2.75, 3.05) is 23.8 Å². The van der Waals surface area contributed by atoms with E-state index in [1.54, 1.807) is 56.4 Å². The minimum Gasteiger partial charge on any atom is -0.366 e. The Morgan fingerprint density at radius 1 is 0.976 bits per heavy atom. The molecule has 0 fully saturated rings. The maximum Gasteiger partial charge on any atom is 0.274 e. The van der Waals surface area contributed by atoms with Crippen LogP contribution in [-0.2, 0) is 24.2 Å². The fourth-order valence-corrected chi connectivity index (χ4v) is 5.16. The van der Waals surface area contributed by atoms with Crippen molar-refractivity contribution in [2.24, 2.45) is 5.73 Å². The zero-order valence-electron chi connectivity index (χ0n) is 23.3. The molecular weight excluding hydrogens is 540 g/mol. The Morgan fingerprint density at radius 2 is 1.79 bits per heavy atom. The Kier molecular flexibility index (Phi) is 8.17. The van der Waals surface area contributed by atoms with E-state index in [-0.39, 0.29) is 30.4 Å². The van der Waals surface area contributed by atoms with Crippen molar-refractivity contribution in [1.82, 2.24) is 9.88 Å². The third-order valence-electron chi connectivity index (χ3n) is 7.48. The summed E-state index contributed by atoms with van der Waals surface area (Å²) in [4.78, 5) is 39.9. The molecule has 4 aromatic rings. The number of halogens is 2. The van der Waals surface area contributed by atoms with E-state index >= 15 is 0 Å². The highest BCUT2D eigenvalue weighted by molar-refractivity contribution is 5.94. The van der Waals surface area contributed by atoms with Crippen LogP contribution in [0, 0.1) is 11.6 Å². The average molecular weight is 572 g/mol. The van der Waals surface area contributed by atoms with Crippen LogP contribution >= 0.6 is 0 Å². The van der Waals surface area contributed by atoms with Gasteiger partial charge in [-0.1, -0.05) is 12.1 Å². The number of nitrogens with zero attached hydrogens (tertiary/aromatic N) is 2. The molecule has 2 heterocycles. The first-order valence-corrected chi connectivity index (χ1v) is 13.6. The lowest BCUT2D eigenvalue weighted by atomic mass is 10.0. The summed E-state index contributed by atoms with van der Waals surface area (Å²) < 4.78 is 30.2. The van der Waals surface area contributed by atoms with Gasteiger partial charge >= 0.3 is 0 Å². The van der Waals surface area contributed by atoms with Crippen molar-refractivity contribution in [2.45, 2.75) is 32.4 Å². The summed E-state index contributed by atoms with van der Waals surface area (Å²) >= 11 is 0. The topological polar surface area (TPSA) is 109 Å². The highest BCUT2D eigenvalue weighted by Crippen LogP contribution is 2.35. The molecule has 42 heavy (non-hydrogen) atoms. The summed E-state index contributed by atoms with van der Waals surface area (Å²) in [6.45, 7) is 2.26. The molecule has 10 heteroatoms. The summed E-state index contributed by atoms with van der Waals surface area (Å²) in [7, 11) is 1.64. The number of likely N-dealkylation sites (N-methyl/N-ethyl adjacent to an activating group) is 1. The lowest BCUT2D eigenvalue weighted by Crippen LogP contribution is -2.38. The van der Waals surface area contributed by atoms with Crippen LogP contribution in [-0.4, -0.2) is 36.0 Å². The third-order valence-corrected chi connectivity index (χ3v) is 7.48. The summed E-state index contributed by atoms with van der Waals surface area (Å²) in [6.07, 6.45) is 0.907. The first-order chi connectivity index (χ1) is 20.1. The number of nitrogens with one attached hydrogen (secondary N) is 2. The van der Waals surface area contributed by atoms with Crippen molar-refractivity contribution in [3.63, 3.8) is 0 Å². The van der Waals surface area contributed by atoms with Crippen molar-refractivity contribution in [3.8, 4) is 0 Å². The van der Waals surface area contributed by atoms with E-state index in [0.29, 0.717) is 35.5 Å². The highest BCUT2D eigenvalue weighted by Gasteiger charge is 2.22. The first kappa shape index (κ1) is 28.7. The Morgan fingerprint density at radius 3 is 2.55 bits per heavy atom. The quantitative estimate of drug-likeness (QED) is 0.280. The third kappa shape index (κ3) is 6.08. The second-order valence-electron chi connectivity index (χ2n) is 10.4. The van der Waals surface area contributed by atoms with Gasteiger partial charge in [0, 0.05) is 35.6 Å². The predicted octanol–water partition coefficient (Wildman–Crippen LogP) is 4.11. The van der Waals surface area contributed by atoms with Crippen molar-refractivity contribution < 1.29 is 18.4 Å². The number of pyridine rings is 1. The smallest absolute Gasteiger partial charge is 0.274 e. The molecule has 1 aromatic heterocycles. The number of anilines is 3. The van der Waals surface area contributed by atoms with Crippen LogP contribution in [0.5, 0.6) is 0 Å². The molecule has 0 aliphatic carbocycles. The molecule has 4 N–H and O–H groups in total. The van der Waals surface area contributed by atoms with Crippen LogP contribution in [0.25, 0.3) is 0 Å². The van der Waals surface area contributed by atoms with Crippen molar-refractivity contribution in [1.29, 1.82) is 0 Å². The molecule has 0 radical (unpaired) electrons. The van der Waals surface area contributed by atoms with Gasteiger partial charge in [0.1, 0.15) is 17.3 Å². The Labute approximate surface area is 241 Å². The molecule has 1 aliphatic heterocycles. The molecule has 8 nitrogen and oxygen atoms in total. The van der Waals surface area contributed by atoms with Gasteiger partial charge in [-0.25, -0.2) is 8.78 Å². The van der Waals surface area contributed by atoms with Crippen molar-refractivity contribution in [3.05, 3.63) is 123 Å². The number of amides is 2. The number of primary amides is 1. The van der Waals surface area contributed by atoms with E-state index in [2.05, 4.69) is 10.6 Å². The minimum atomic E-state index is -0.565. The second-order valence-corrected chi connectivity index (χ2v) is 10.4. The van der Waals surface area contributed by atoms with Crippen LogP contribution in [0.4, 0.5) is 25.8 Å². The second kappa shape index (κ2) is 12.0. The van der Waals surface area contributed by atoms with Gasteiger partial charge in [-0.3, -0.25) is 14.4 Å². The maximum atomic E-state index is 15.0. The fourth-order valence-electron chi connectivity index (χ4n) is 5.16. The minimum absolute atomic E-state index is 0.0177. The number of benzene rings is 3. The van der Waals surface area contributed by atoms with Crippen molar-refractivity contribution >= 4 is 28.9 Å². The van der Waals surface area contributed by atoms with Gasteiger partial charge in [0.05, 0.1) is 12.6 Å². The summed E-state index contributed by atoms with van der Waals surface area (Å²) in [5.74, 6) is -1.74. The maximum absolute atomic E-state index is 15.0. The van der Waals surface area contributed by atoms with Gasteiger partial charge in [0.2, 0.25) is 11.8 Å². The molecule has 3 aromatic carbocycles. The number of hydrogen-bond acceptors (Lipinski definition) is 5. The van der Waals surface area contributed by atoms with Gasteiger partial charge < -0.3 is 25.8 Å². The van der Waals surface area contributed by atoms with Crippen LogP contribution in [0.3, 0.4) is 0 Å². The SMILES string of the molecule is CNC(C)C(=O)Nc1ccc(Cc2cccc(C(N)=O)c2)n(Cc2cc(F)cc(N3CCc4cc(F)ccc43)c2)c1=O. The predicted molar refractivity (Wildman–Crippen MR) is 158 cm³/mol. The molecule has 1 aliphatic rings. The van der Waals surface area contributed by atoms with E-state index in [0.717, 1.165) is 16.8 Å². The summed E-state index contributed by atoms with van der Waals surface area (Å²) in [5.41, 5.74) is 9.54. The molecule has 1 atom stereocenters. The number of carbonyl (C=O) groups excluding carboxylic acids is 2. The van der Waals surface area contributed by atoms with Gasteiger partial charge in [-0.15, -0.1) is 0 Å². The standard InChI is InChI=1S/C32H31F2N5O3/c1-19(36-2)31(41)37-28-8-7-26(14-20-4-3-5-23(12-20)30(35)40)39(32(28)42)18-21-13-25(34)17-27(15-21)38-11-10-22-16-24(33)6-9-29(22)38/h3-9,12-13,15-17,19,36H,10-11,14,18H2,1-2H3,(H2,35,40)(H,37,41). The van der Waals surface area contributed by atoms with Crippen LogP contribution in [0.2, 0.25) is 0 Å². The molecule has 2 amide bonds. The van der Waals surface area contributed by atoms with Crippen LogP contribution in [0.15, 0.2) is 77.6 Å². The lowest BCUT2D eigenvalue weighted by molar-refractivity contribution is -0.117. The number of aromatic nitrogens is 1. The molecule has 0 saturated carbocycles. The number of rotatable bonds is 9. The van der Waals surface area contributed by atoms with E-state index in [1.165, 1.54) is 28.8 Å². The highest BCUT2D eigenvalue weighted by atomic mass is 19.1. The lowest BCUT2D eigenvalue weighted by Gasteiger charge is -2.21. The molecule has 0 saturated heterocycles. The molecule has 5 rings (SSSR count). The number of hydrogen-bond donors (Lipinski definition) is 3. The van der Waals surface area contributed by atoms with E-state index in [1.807, 2.05) is 11.0 Å². The van der Waals surface area contributed by atoms with E-state index in [9.17, 15) is 23.2 Å². The van der Waals surface area contributed by atoms with Crippen LogP contribution in [0.1, 0.15) is 39.7 Å². The summed E-state index contributed by atoms with van der Waals surface area (Å²) in [5, 5.41) is 5.52. The summed E-state index contributed by atoms with van der Waals surface area (Å²) in [6, 6.07) is 18.7. The molecule has 0 bridgehead atoms. The monoisotopic (exact) mass is 571 g/mol. The largest absolute Gasteiger partial charge is 0.366 e. The number of carbonyl (C=O) groups is 2. The number of fused-ring (bicyclic) bond motifs is 1. The van der Waals surface area contributed by atoms with E-state index < -0.39 is 23.3 Å². The molecule has 216 valence electrons. The van der Waals surface area contributed by atoms with E-state index in [4.69, 9.17) is 5.73 Å². The Bertz CT molecular complexity index is 1740. The fraction of sp³-hybridized carbons (Fsp3) is 0.219. The molecule has 1 unspecified atom stereocenters. The average Bonchev–Trinajstić information content (AvgIpc) is 3.38. The zero-order valence-corrected chi connectivity index (χ0v) is 23.3. The van der Waals surface area contributed by atoms with Gasteiger partial charge in [-0.05, 0) is 97.7 Å².